The van der Waals surface area contributed by atoms with Gasteiger partial charge in [-0.1, -0.05) is 6.07 Å². The van der Waals surface area contributed by atoms with Gasteiger partial charge in [-0.25, -0.2) is 4.98 Å². The van der Waals surface area contributed by atoms with Crippen molar-refractivity contribution in [2.75, 3.05) is 19.6 Å². The number of carbonyl (C=O) groups excluding carboxylic acids is 1. The minimum Gasteiger partial charge on any atom is -0.332 e. The molecule has 3 rings (SSSR count). The van der Waals surface area contributed by atoms with E-state index >= 15 is 0 Å². The lowest BCUT2D eigenvalue weighted by atomic mass is 10.2. The lowest BCUT2D eigenvalue weighted by molar-refractivity contribution is 0.0650. The Morgan fingerprint density at radius 1 is 1.53 bits per heavy atom. The number of piperazine rings is 1. The number of nitrogens with zero attached hydrogens (tertiary/aromatic N) is 2. The first kappa shape index (κ1) is 12.8. The Bertz CT molecular complexity index is 564. The van der Waals surface area contributed by atoms with Gasteiger partial charge in [-0.2, -0.15) is 0 Å². The highest BCUT2D eigenvalue weighted by Crippen LogP contribution is 2.28. The van der Waals surface area contributed by atoms with Crippen molar-refractivity contribution in [2.24, 2.45) is 0 Å². The standard InChI is InChI=1S/C13H15N3OS2/c1-9-7-14-4-5-16(9)13(17)10-8-19-12(15-10)11-3-2-6-18-11/h2-3,6,8-9,14H,4-5,7H2,1H3. The monoisotopic (exact) mass is 293 g/mol. The van der Waals surface area contributed by atoms with Crippen molar-refractivity contribution in [1.29, 1.82) is 0 Å². The van der Waals surface area contributed by atoms with Gasteiger partial charge in [0, 0.05) is 31.1 Å². The summed E-state index contributed by atoms with van der Waals surface area (Å²) in [6, 6.07) is 4.26. The number of hydrogen-bond donors (Lipinski definition) is 1. The summed E-state index contributed by atoms with van der Waals surface area (Å²) in [6.07, 6.45) is 0. The largest absolute Gasteiger partial charge is 0.332 e. The maximum atomic E-state index is 12.4. The van der Waals surface area contributed by atoms with Gasteiger partial charge in [-0.15, -0.1) is 22.7 Å². The zero-order valence-corrected chi connectivity index (χ0v) is 12.3. The van der Waals surface area contributed by atoms with Gasteiger partial charge in [0.25, 0.3) is 5.91 Å². The van der Waals surface area contributed by atoms with Crippen molar-refractivity contribution in [3.05, 3.63) is 28.6 Å². The third-order valence-electron chi connectivity index (χ3n) is 3.22. The Morgan fingerprint density at radius 3 is 3.16 bits per heavy atom. The van der Waals surface area contributed by atoms with Crippen LogP contribution in [0.5, 0.6) is 0 Å². The van der Waals surface area contributed by atoms with Crippen molar-refractivity contribution in [1.82, 2.24) is 15.2 Å². The molecule has 100 valence electrons. The average molecular weight is 293 g/mol. The zero-order valence-electron chi connectivity index (χ0n) is 10.6. The van der Waals surface area contributed by atoms with Gasteiger partial charge in [0.05, 0.1) is 4.88 Å². The Hall–Kier alpha value is -1.24. The molecule has 0 spiro atoms. The summed E-state index contributed by atoms with van der Waals surface area (Å²) in [5, 5.41) is 8.11. The number of nitrogens with one attached hydrogen (secondary N) is 1. The molecule has 4 nitrogen and oxygen atoms in total. The van der Waals surface area contributed by atoms with Crippen LogP contribution in [0.3, 0.4) is 0 Å². The highest BCUT2D eigenvalue weighted by Gasteiger charge is 2.25. The Balaban J connectivity index is 1.80. The van der Waals surface area contributed by atoms with Crippen LogP contribution in [0.1, 0.15) is 17.4 Å². The molecular formula is C13H15N3OS2. The van der Waals surface area contributed by atoms with Crippen LogP contribution in [-0.2, 0) is 0 Å². The molecule has 0 aliphatic carbocycles. The molecule has 3 heterocycles. The molecule has 0 saturated carbocycles. The number of rotatable bonds is 2. The van der Waals surface area contributed by atoms with Crippen LogP contribution in [0.15, 0.2) is 22.9 Å². The topological polar surface area (TPSA) is 45.2 Å². The van der Waals surface area contributed by atoms with Gasteiger partial charge < -0.3 is 10.2 Å². The molecule has 1 unspecified atom stereocenters. The van der Waals surface area contributed by atoms with Gasteiger partial charge in [0.1, 0.15) is 10.7 Å². The summed E-state index contributed by atoms with van der Waals surface area (Å²) in [5.41, 5.74) is 0.571. The molecule has 1 amide bonds. The van der Waals surface area contributed by atoms with Crippen molar-refractivity contribution in [3.8, 4) is 9.88 Å². The molecule has 0 bridgehead atoms. The SMILES string of the molecule is CC1CNCCN1C(=O)c1csc(-c2cccs2)n1. The van der Waals surface area contributed by atoms with Crippen molar-refractivity contribution >= 4 is 28.6 Å². The summed E-state index contributed by atoms with van der Waals surface area (Å²) < 4.78 is 0. The maximum Gasteiger partial charge on any atom is 0.273 e. The van der Waals surface area contributed by atoms with E-state index in [9.17, 15) is 4.79 Å². The molecule has 0 aromatic carbocycles. The lowest BCUT2D eigenvalue weighted by Crippen LogP contribution is -2.52. The molecular weight excluding hydrogens is 278 g/mol. The van der Waals surface area contributed by atoms with Crippen molar-refractivity contribution < 1.29 is 4.79 Å². The molecule has 1 atom stereocenters. The Labute approximate surface area is 120 Å². The van der Waals surface area contributed by atoms with Crippen molar-refractivity contribution in [3.63, 3.8) is 0 Å². The normalized spacial score (nSPS) is 19.6. The van der Waals surface area contributed by atoms with E-state index in [0.29, 0.717) is 5.69 Å². The second-order valence-corrected chi connectivity index (χ2v) is 6.37. The first-order valence-electron chi connectivity index (χ1n) is 6.27. The number of thiazole rings is 1. The second kappa shape index (κ2) is 5.40. The van der Waals surface area contributed by atoms with E-state index < -0.39 is 0 Å². The fraction of sp³-hybridized carbons (Fsp3) is 0.385. The fourth-order valence-corrected chi connectivity index (χ4v) is 3.78. The predicted octanol–water partition coefficient (Wildman–Crippen LogP) is 2.31. The molecule has 2 aromatic heterocycles. The van der Waals surface area contributed by atoms with E-state index in [-0.39, 0.29) is 11.9 Å². The first-order valence-corrected chi connectivity index (χ1v) is 8.03. The van der Waals surface area contributed by atoms with Crippen LogP contribution in [0, 0.1) is 0 Å². The predicted molar refractivity (Wildman–Crippen MR) is 78.8 cm³/mol. The molecule has 1 aliphatic rings. The lowest BCUT2D eigenvalue weighted by Gasteiger charge is -2.33. The highest BCUT2D eigenvalue weighted by molar-refractivity contribution is 7.20. The Kier molecular flexibility index (Phi) is 3.63. The average Bonchev–Trinajstić information content (AvgIpc) is 3.09. The minimum absolute atomic E-state index is 0.0491. The van der Waals surface area contributed by atoms with Gasteiger partial charge in [0.15, 0.2) is 0 Å². The summed E-state index contributed by atoms with van der Waals surface area (Å²) in [7, 11) is 0. The summed E-state index contributed by atoms with van der Waals surface area (Å²) >= 11 is 3.19. The van der Waals surface area contributed by atoms with Crippen LogP contribution < -0.4 is 5.32 Å². The molecule has 19 heavy (non-hydrogen) atoms. The minimum atomic E-state index is 0.0491. The summed E-state index contributed by atoms with van der Waals surface area (Å²) in [6.45, 7) is 4.54. The zero-order chi connectivity index (χ0) is 13.2. The number of thiophene rings is 1. The van der Waals surface area contributed by atoms with Crippen LogP contribution in [-0.4, -0.2) is 41.5 Å². The quantitative estimate of drug-likeness (QED) is 0.924. The third-order valence-corrected chi connectivity index (χ3v) is 5.10. The van der Waals surface area contributed by atoms with E-state index in [1.54, 1.807) is 11.3 Å². The second-order valence-electron chi connectivity index (χ2n) is 4.57. The van der Waals surface area contributed by atoms with Gasteiger partial charge in [-0.05, 0) is 18.4 Å². The van der Waals surface area contributed by atoms with E-state index in [1.165, 1.54) is 11.3 Å². The first-order chi connectivity index (χ1) is 9.25. The number of amides is 1. The fourth-order valence-electron chi connectivity index (χ4n) is 2.18. The molecule has 2 aromatic rings. The van der Waals surface area contributed by atoms with Gasteiger partial charge >= 0.3 is 0 Å². The van der Waals surface area contributed by atoms with E-state index in [1.807, 2.05) is 27.8 Å². The highest BCUT2D eigenvalue weighted by atomic mass is 32.1. The van der Waals surface area contributed by atoms with Crippen molar-refractivity contribution in [2.45, 2.75) is 13.0 Å². The molecule has 1 fully saturated rings. The number of aromatic nitrogens is 1. The van der Waals surface area contributed by atoms with Gasteiger partial charge in [-0.3, -0.25) is 4.79 Å². The van der Waals surface area contributed by atoms with E-state index in [4.69, 9.17) is 0 Å². The van der Waals surface area contributed by atoms with Crippen LogP contribution >= 0.6 is 22.7 Å². The maximum absolute atomic E-state index is 12.4. The molecule has 6 heteroatoms. The van der Waals surface area contributed by atoms with Crippen LogP contribution in [0.2, 0.25) is 0 Å². The van der Waals surface area contributed by atoms with E-state index in [2.05, 4.69) is 17.2 Å². The molecule has 1 saturated heterocycles. The number of hydrogen-bond acceptors (Lipinski definition) is 5. The van der Waals surface area contributed by atoms with Crippen LogP contribution in [0.4, 0.5) is 0 Å². The summed E-state index contributed by atoms with van der Waals surface area (Å²) in [4.78, 5) is 19.9. The molecule has 1 N–H and O–H groups in total. The molecule has 0 radical (unpaired) electrons. The van der Waals surface area contributed by atoms with E-state index in [0.717, 1.165) is 29.5 Å². The molecule has 1 aliphatic heterocycles. The smallest absolute Gasteiger partial charge is 0.273 e. The van der Waals surface area contributed by atoms with Gasteiger partial charge in [0.2, 0.25) is 0 Å². The Morgan fingerprint density at radius 2 is 2.42 bits per heavy atom. The third kappa shape index (κ3) is 2.56. The summed E-state index contributed by atoms with van der Waals surface area (Å²) in [5.74, 6) is 0.0491. The number of carbonyl (C=O) groups is 1. The van der Waals surface area contributed by atoms with Crippen LogP contribution in [0.25, 0.3) is 9.88 Å².